The van der Waals surface area contributed by atoms with Crippen LogP contribution in [0.1, 0.15) is 12.1 Å². The Morgan fingerprint density at radius 3 is 3.00 bits per heavy atom. The second kappa shape index (κ2) is 5.57. The number of hydrogen-bond donors (Lipinski definition) is 1. The van der Waals surface area contributed by atoms with Crippen molar-refractivity contribution in [2.45, 2.75) is 13.0 Å². The number of likely N-dealkylation sites (tertiary alicyclic amines) is 1. The molecule has 0 saturated carbocycles. The summed E-state index contributed by atoms with van der Waals surface area (Å²) in [5.74, 6) is 1.75. The van der Waals surface area contributed by atoms with Gasteiger partial charge in [0.05, 0.1) is 5.69 Å². The lowest BCUT2D eigenvalue weighted by Crippen LogP contribution is -2.39. The quantitative estimate of drug-likeness (QED) is 0.862. The lowest BCUT2D eigenvalue weighted by atomic mass is 9.88. The Morgan fingerprint density at radius 2 is 2.17 bits per heavy atom. The predicted octanol–water partition coefficient (Wildman–Crippen LogP) is 2.65. The van der Waals surface area contributed by atoms with Crippen LogP contribution in [0, 0.1) is 11.8 Å². The van der Waals surface area contributed by atoms with Crippen LogP contribution < -0.4 is 5.32 Å². The largest absolute Gasteiger partial charge is 0.316 e. The summed E-state index contributed by atoms with van der Waals surface area (Å²) < 4.78 is 2.13. The van der Waals surface area contributed by atoms with E-state index in [1.165, 1.54) is 32.6 Å². The highest BCUT2D eigenvalue weighted by molar-refractivity contribution is 9.11. The van der Waals surface area contributed by atoms with Gasteiger partial charge in [-0.15, -0.1) is 0 Å². The van der Waals surface area contributed by atoms with Crippen molar-refractivity contribution in [3.63, 3.8) is 0 Å². The molecule has 0 bridgehead atoms. The third-order valence-electron chi connectivity index (χ3n) is 4.05. The third kappa shape index (κ3) is 2.79. The molecule has 0 aromatic carbocycles. The molecule has 2 aliphatic heterocycles. The molecule has 5 heteroatoms. The summed E-state index contributed by atoms with van der Waals surface area (Å²) in [5, 5.41) is 3.51. The molecule has 2 saturated heterocycles. The van der Waals surface area contributed by atoms with Crippen LogP contribution in [0.3, 0.4) is 0 Å². The van der Waals surface area contributed by atoms with Gasteiger partial charge in [0.2, 0.25) is 0 Å². The van der Waals surface area contributed by atoms with Crippen molar-refractivity contribution in [2.24, 2.45) is 11.8 Å². The Hall–Kier alpha value is 0.0300. The van der Waals surface area contributed by atoms with Crippen LogP contribution >= 0.6 is 31.9 Å². The normalized spacial score (nSPS) is 28.3. The molecule has 3 rings (SSSR count). The van der Waals surface area contributed by atoms with Crippen molar-refractivity contribution in [1.29, 1.82) is 0 Å². The molecule has 1 N–H and O–H groups in total. The highest BCUT2D eigenvalue weighted by atomic mass is 79.9. The second-order valence-corrected chi connectivity index (χ2v) is 7.05. The summed E-state index contributed by atoms with van der Waals surface area (Å²) in [6, 6.07) is 2.08. The molecule has 1 aromatic heterocycles. The maximum atomic E-state index is 4.51. The Morgan fingerprint density at radius 1 is 1.33 bits per heavy atom. The first-order valence-electron chi connectivity index (χ1n) is 6.45. The van der Waals surface area contributed by atoms with E-state index >= 15 is 0 Å². The van der Waals surface area contributed by atoms with Crippen LogP contribution in [0.2, 0.25) is 0 Å². The number of nitrogens with one attached hydrogen (secondary N) is 1. The van der Waals surface area contributed by atoms with Gasteiger partial charge in [-0.25, -0.2) is 0 Å². The van der Waals surface area contributed by atoms with Crippen LogP contribution in [0.5, 0.6) is 0 Å². The van der Waals surface area contributed by atoms with Crippen LogP contribution in [-0.4, -0.2) is 36.1 Å². The monoisotopic (exact) mass is 373 g/mol. The highest BCUT2D eigenvalue weighted by Crippen LogP contribution is 2.28. The molecule has 0 radical (unpaired) electrons. The van der Waals surface area contributed by atoms with Crippen LogP contribution in [0.4, 0.5) is 0 Å². The topological polar surface area (TPSA) is 28.2 Å². The lowest BCUT2D eigenvalue weighted by molar-refractivity contribution is 0.140. The Labute approximate surface area is 125 Å². The molecular formula is C13H17Br2N3. The number of halogens is 2. The first kappa shape index (κ1) is 13.0. The number of aromatic nitrogens is 1. The molecule has 1 aromatic rings. The summed E-state index contributed by atoms with van der Waals surface area (Å²) in [6.07, 6.45) is 3.20. The second-order valence-electron chi connectivity index (χ2n) is 5.28. The smallest absolute Gasteiger partial charge is 0.0686 e. The van der Waals surface area contributed by atoms with E-state index in [4.69, 9.17) is 0 Å². The molecular weight excluding hydrogens is 358 g/mol. The van der Waals surface area contributed by atoms with Crippen LogP contribution in [0.25, 0.3) is 0 Å². The van der Waals surface area contributed by atoms with Crippen molar-refractivity contribution >= 4 is 31.9 Å². The molecule has 98 valence electrons. The van der Waals surface area contributed by atoms with E-state index in [0.717, 1.165) is 33.0 Å². The predicted molar refractivity (Wildman–Crippen MR) is 79.4 cm³/mol. The first-order chi connectivity index (χ1) is 8.72. The van der Waals surface area contributed by atoms with Crippen LogP contribution in [0.15, 0.2) is 21.2 Å². The number of fused-ring (bicyclic) bond motifs is 1. The van der Waals surface area contributed by atoms with E-state index < -0.39 is 0 Å². The zero-order valence-electron chi connectivity index (χ0n) is 10.2. The summed E-state index contributed by atoms with van der Waals surface area (Å²) in [4.78, 5) is 7.04. The van der Waals surface area contributed by atoms with Gasteiger partial charge < -0.3 is 5.32 Å². The van der Waals surface area contributed by atoms with Gasteiger partial charge in [-0.05, 0) is 75.8 Å². The summed E-state index contributed by atoms with van der Waals surface area (Å²) in [5.41, 5.74) is 1.14. The van der Waals surface area contributed by atoms with Crippen LogP contribution in [-0.2, 0) is 6.54 Å². The molecule has 3 nitrogen and oxygen atoms in total. The van der Waals surface area contributed by atoms with Gasteiger partial charge in [0.25, 0.3) is 0 Å². The van der Waals surface area contributed by atoms with E-state index in [1.54, 1.807) is 0 Å². The molecule has 2 aliphatic rings. The Bertz CT molecular complexity index is 438. The minimum atomic E-state index is 0.841. The lowest BCUT2D eigenvalue weighted by Gasteiger charge is -2.34. The maximum absolute atomic E-state index is 4.51. The summed E-state index contributed by atoms with van der Waals surface area (Å²) in [7, 11) is 0. The first-order valence-corrected chi connectivity index (χ1v) is 8.04. The van der Waals surface area contributed by atoms with E-state index in [0.29, 0.717) is 0 Å². The molecule has 0 spiro atoms. The SMILES string of the molecule is Brc1cnc(CN2CCC3CNCC3C2)c(Br)c1. The van der Waals surface area contributed by atoms with Gasteiger partial charge in [0.15, 0.2) is 0 Å². The van der Waals surface area contributed by atoms with Crippen molar-refractivity contribution < 1.29 is 0 Å². The fourth-order valence-corrected chi connectivity index (χ4v) is 4.14. The fraction of sp³-hybridized carbons (Fsp3) is 0.615. The zero-order chi connectivity index (χ0) is 12.5. The van der Waals surface area contributed by atoms with Gasteiger partial charge in [-0.3, -0.25) is 9.88 Å². The maximum Gasteiger partial charge on any atom is 0.0686 e. The number of hydrogen-bond acceptors (Lipinski definition) is 3. The minimum Gasteiger partial charge on any atom is -0.316 e. The van der Waals surface area contributed by atoms with Crippen molar-refractivity contribution in [3.05, 3.63) is 26.9 Å². The average molecular weight is 375 g/mol. The van der Waals surface area contributed by atoms with E-state index in [9.17, 15) is 0 Å². The van der Waals surface area contributed by atoms with E-state index in [-0.39, 0.29) is 0 Å². The van der Waals surface area contributed by atoms with Crippen molar-refractivity contribution in [2.75, 3.05) is 26.2 Å². The van der Waals surface area contributed by atoms with E-state index in [1.807, 2.05) is 6.20 Å². The van der Waals surface area contributed by atoms with Gasteiger partial charge in [-0.2, -0.15) is 0 Å². The molecule has 3 heterocycles. The molecule has 2 atom stereocenters. The molecule has 2 unspecified atom stereocenters. The summed E-state index contributed by atoms with van der Waals surface area (Å²) >= 11 is 7.04. The zero-order valence-corrected chi connectivity index (χ0v) is 13.4. The number of piperidine rings is 1. The fourth-order valence-electron chi connectivity index (χ4n) is 3.02. The molecule has 0 aliphatic carbocycles. The van der Waals surface area contributed by atoms with Gasteiger partial charge in [0.1, 0.15) is 0 Å². The third-order valence-corrected chi connectivity index (χ3v) is 5.17. The summed E-state index contributed by atoms with van der Waals surface area (Å²) in [6.45, 7) is 5.78. The van der Waals surface area contributed by atoms with Gasteiger partial charge in [-0.1, -0.05) is 0 Å². The Balaban J connectivity index is 1.66. The highest BCUT2D eigenvalue weighted by Gasteiger charge is 2.32. The number of rotatable bonds is 2. The van der Waals surface area contributed by atoms with Crippen molar-refractivity contribution in [1.82, 2.24) is 15.2 Å². The van der Waals surface area contributed by atoms with Gasteiger partial charge in [0, 0.05) is 28.2 Å². The standard InChI is InChI=1S/C13H17Br2N3/c14-11-3-12(15)13(17-6-11)8-18-2-1-9-4-16-5-10(9)7-18/h3,6,9-10,16H,1-2,4-5,7-8H2. The molecule has 2 fully saturated rings. The van der Waals surface area contributed by atoms with Crippen molar-refractivity contribution in [3.8, 4) is 0 Å². The van der Waals surface area contributed by atoms with Gasteiger partial charge >= 0.3 is 0 Å². The van der Waals surface area contributed by atoms with E-state index in [2.05, 4.69) is 53.1 Å². The number of nitrogens with zero attached hydrogens (tertiary/aromatic N) is 2. The number of pyridine rings is 1. The Kier molecular flexibility index (Phi) is 4.03. The molecule has 18 heavy (non-hydrogen) atoms. The molecule has 0 amide bonds. The average Bonchev–Trinajstić information content (AvgIpc) is 2.80. The minimum absolute atomic E-state index is 0.841.